The van der Waals surface area contributed by atoms with E-state index < -0.39 is 0 Å². The Morgan fingerprint density at radius 1 is 1.36 bits per heavy atom. The number of hydrogen-bond acceptors (Lipinski definition) is 6. The van der Waals surface area contributed by atoms with Crippen LogP contribution < -0.4 is 5.32 Å². The number of carbonyl (C=O) groups excluding carboxylic acids is 2. The molecule has 7 heteroatoms. The van der Waals surface area contributed by atoms with Gasteiger partial charge in [0, 0.05) is 22.6 Å². The molecule has 2 aromatic rings. The molecule has 6 atom stereocenters. The van der Waals surface area contributed by atoms with Gasteiger partial charge in [-0.3, -0.25) is 14.9 Å². The average Bonchev–Trinajstić information content (AvgIpc) is 3.35. The van der Waals surface area contributed by atoms with Crippen molar-refractivity contribution in [3.05, 3.63) is 34.7 Å². The highest BCUT2D eigenvalue weighted by Crippen LogP contribution is 2.59. The smallest absolute Gasteiger partial charge is 0.309 e. The van der Waals surface area contributed by atoms with E-state index in [1.54, 1.807) is 23.5 Å². The summed E-state index contributed by atoms with van der Waals surface area (Å²) in [5, 5.41) is 3.47. The third-order valence-corrected chi connectivity index (χ3v) is 8.11. The number of fused-ring (bicyclic) bond motifs is 4. The van der Waals surface area contributed by atoms with E-state index in [1.165, 1.54) is 11.1 Å². The van der Waals surface area contributed by atoms with Crippen LogP contribution >= 0.6 is 11.3 Å². The molecule has 28 heavy (non-hydrogen) atoms. The number of anilines is 1. The van der Waals surface area contributed by atoms with Gasteiger partial charge in [-0.2, -0.15) is 0 Å². The normalized spacial score (nSPS) is 36.2. The Kier molecular flexibility index (Phi) is 3.95. The summed E-state index contributed by atoms with van der Waals surface area (Å²) in [6.45, 7) is 6.52. The van der Waals surface area contributed by atoms with Gasteiger partial charge in [0.15, 0.2) is 10.9 Å². The highest BCUT2D eigenvalue weighted by molar-refractivity contribution is 7.15. The SMILES string of the molecule is C[C@@H]1C(=O)O[C@H]2[C@H]1CC[C@@]1(C)Cc3sc(NC(=O)c4ccco4)nc3[C@@H](C)[C@H]21. The summed E-state index contributed by atoms with van der Waals surface area (Å²) in [6.07, 6.45) is 4.51. The molecule has 2 fully saturated rings. The second-order valence-electron chi connectivity index (χ2n) is 8.80. The van der Waals surface area contributed by atoms with Crippen molar-refractivity contribution in [2.45, 2.75) is 52.1 Å². The van der Waals surface area contributed by atoms with Gasteiger partial charge in [-0.05, 0) is 36.8 Å². The molecule has 0 unspecified atom stereocenters. The van der Waals surface area contributed by atoms with E-state index in [-0.39, 0.29) is 46.9 Å². The van der Waals surface area contributed by atoms with Crippen LogP contribution in [0.3, 0.4) is 0 Å². The van der Waals surface area contributed by atoms with E-state index >= 15 is 0 Å². The van der Waals surface area contributed by atoms with Crippen LogP contribution in [0.1, 0.15) is 60.7 Å². The molecular weight excluding hydrogens is 376 g/mol. The number of aromatic nitrogens is 1. The Morgan fingerprint density at radius 2 is 2.18 bits per heavy atom. The highest BCUT2D eigenvalue weighted by atomic mass is 32.1. The summed E-state index contributed by atoms with van der Waals surface area (Å²) < 4.78 is 11.0. The maximum atomic E-state index is 12.3. The second-order valence-corrected chi connectivity index (χ2v) is 9.88. The summed E-state index contributed by atoms with van der Waals surface area (Å²) in [5.41, 5.74) is 1.13. The molecule has 1 aliphatic heterocycles. The van der Waals surface area contributed by atoms with Gasteiger partial charge in [0.1, 0.15) is 6.10 Å². The number of esters is 1. The zero-order chi connectivity index (χ0) is 19.6. The fourth-order valence-electron chi connectivity index (χ4n) is 5.70. The first-order valence-electron chi connectivity index (χ1n) is 9.92. The molecule has 1 saturated heterocycles. The first-order chi connectivity index (χ1) is 13.4. The largest absolute Gasteiger partial charge is 0.461 e. The Morgan fingerprint density at radius 3 is 2.93 bits per heavy atom. The van der Waals surface area contributed by atoms with Crippen molar-refractivity contribution >= 4 is 28.3 Å². The molecule has 6 nitrogen and oxygen atoms in total. The molecular formula is C21H24N2O4S. The number of rotatable bonds is 2. The van der Waals surface area contributed by atoms with E-state index in [1.807, 2.05) is 6.92 Å². The molecule has 3 aliphatic rings. The zero-order valence-electron chi connectivity index (χ0n) is 16.2. The van der Waals surface area contributed by atoms with Crippen molar-refractivity contribution < 1.29 is 18.7 Å². The van der Waals surface area contributed by atoms with Gasteiger partial charge in [0.2, 0.25) is 0 Å². The minimum absolute atomic E-state index is 0.0123. The van der Waals surface area contributed by atoms with Crippen LogP contribution in [0.2, 0.25) is 0 Å². The lowest BCUT2D eigenvalue weighted by Gasteiger charge is -2.51. The second kappa shape index (κ2) is 6.17. The fraction of sp³-hybridized carbons (Fsp3) is 0.571. The van der Waals surface area contributed by atoms with Crippen LogP contribution in [0, 0.1) is 23.2 Å². The summed E-state index contributed by atoms with van der Waals surface area (Å²) in [7, 11) is 0. The maximum Gasteiger partial charge on any atom is 0.309 e. The van der Waals surface area contributed by atoms with Gasteiger partial charge in [-0.15, -0.1) is 11.3 Å². The molecule has 1 saturated carbocycles. The number of carbonyl (C=O) groups is 2. The predicted octanol–water partition coefficient (Wildman–Crippen LogP) is 4.24. The first kappa shape index (κ1) is 17.9. The summed E-state index contributed by atoms with van der Waals surface area (Å²) in [6, 6.07) is 3.33. The van der Waals surface area contributed by atoms with Crippen molar-refractivity contribution in [3.63, 3.8) is 0 Å². The molecule has 5 rings (SSSR count). The van der Waals surface area contributed by atoms with Crippen LogP contribution in [0.4, 0.5) is 5.13 Å². The van der Waals surface area contributed by atoms with E-state index in [0.717, 1.165) is 25.0 Å². The average molecular weight is 401 g/mol. The van der Waals surface area contributed by atoms with Gasteiger partial charge in [0.25, 0.3) is 5.91 Å². The van der Waals surface area contributed by atoms with Crippen molar-refractivity contribution in [1.82, 2.24) is 4.98 Å². The van der Waals surface area contributed by atoms with Crippen molar-refractivity contribution in [1.29, 1.82) is 0 Å². The van der Waals surface area contributed by atoms with Crippen LogP contribution in [-0.2, 0) is 16.0 Å². The van der Waals surface area contributed by atoms with E-state index in [0.29, 0.717) is 11.0 Å². The molecule has 0 radical (unpaired) electrons. The van der Waals surface area contributed by atoms with Crippen LogP contribution in [0.5, 0.6) is 0 Å². The van der Waals surface area contributed by atoms with Crippen molar-refractivity contribution in [2.75, 3.05) is 5.32 Å². The van der Waals surface area contributed by atoms with Gasteiger partial charge in [-0.25, -0.2) is 4.98 Å². The van der Waals surface area contributed by atoms with E-state index in [9.17, 15) is 9.59 Å². The third kappa shape index (κ3) is 2.55. The molecule has 0 spiro atoms. The predicted molar refractivity (Wildman–Crippen MR) is 104 cm³/mol. The van der Waals surface area contributed by atoms with Crippen molar-refractivity contribution in [3.8, 4) is 0 Å². The lowest BCUT2D eigenvalue weighted by atomic mass is 9.54. The summed E-state index contributed by atoms with van der Waals surface area (Å²) in [4.78, 5) is 30.5. The number of hydrogen-bond donors (Lipinski definition) is 1. The van der Waals surface area contributed by atoms with Gasteiger partial charge in [0.05, 0.1) is 17.9 Å². The Hall–Kier alpha value is -2.15. The third-order valence-electron chi connectivity index (χ3n) is 7.12. The number of amides is 1. The topological polar surface area (TPSA) is 81.4 Å². The Bertz CT molecular complexity index is 936. The van der Waals surface area contributed by atoms with Crippen LogP contribution in [-0.4, -0.2) is 23.0 Å². The van der Waals surface area contributed by atoms with Crippen LogP contribution in [0.15, 0.2) is 22.8 Å². The lowest BCUT2D eigenvalue weighted by molar-refractivity contribution is -0.149. The number of furan rings is 1. The minimum Gasteiger partial charge on any atom is -0.461 e. The zero-order valence-corrected chi connectivity index (χ0v) is 17.0. The quantitative estimate of drug-likeness (QED) is 0.763. The number of nitrogens with one attached hydrogen (secondary N) is 1. The molecule has 2 aliphatic carbocycles. The van der Waals surface area contributed by atoms with Gasteiger partial charge >= 0.3 is 5.97 Å². The van der Waals surface area contributed by atoms with Gasteiger partial charge < -0.3 is 9.15 Å². The first-order valence-corrected chi connectivity index (χ1v) is 10.7. The molecule has 1 amide bonds. The molecule has 0 bridgehead atoms. The van der Waals surface area contributed by atoms with Gasteiger partial charge in [-0.1, -0.05) is 20.8 Å². The summed E-state index contributed by atoms with van der Waals surface area (Å²) in [5.74, 6) is 0.686. The minimum atomic E-state index is -0.286. The van der Waals surface area contributed by atoms with E-state index in [2.05, 4.69) is 19.2 Å². The molecule has 2 aromatic heterocycles. The maximum absolute atomic E-state index is 12.3. The fourth-order valence-corrected chi connectivity index (χ4v) is 6.96. The number of ether oxygens (including phenoxy) is 1. The van der Waals surface area contributed by atoms with Crippen molar-refractivity contribution in [2.24, 2.45) is 23.2 Å². The lowest BCUT2D eigenvalue weighted by Crippen LogP contribution is -2.50. The molecule has 3 heterocycles. The standard InChI is InChI=1S/C21H24N2O4S/c1-10-12-6-7-21(3)9-14-16(11(2)15(21)17(12)27-19(10)25)22-20(28-14)23-18(24)13-5-4-8-26-13/h4-5,8,10-12,15,17H,6-7,9H2,1-3H3,(H,22,23,24)/t10-,11-,12-,15+,17-,21-/m0/s1. The number of nitrogens with zero attached hydrogens (tertiary/aromatic N) is 1. The highest BCUT2D eigenvalue weighted by Gasteiger charge is 2.58. The molecule has 0 aromatic carbocycles. The Labute approximate surface area is 167 Å². The van der Waals surface area contributed by atoms with Crippen LogP contribution in [0.25, 0.3) is 0 Å². The monoisotopic (exact) mass is 400 g/mol. The molecule has 1 N–H and O–H groups in total. The molecule has 148 valence electrons. The van der Waals surface area contributed by atoms with E-state index in [4.69, 9.17) is 14.1 Å². The number of thiazole rings is 1. The summed E-state index contributed by atoms with van der Waals surface area (Å²) >= 11 is 1.55. The Balaban J connectivity index is 1.45.